The van der Waals surface area contributed by atoms with Crippen molar-refractivity contribution in [1.82, 2.24) is 0 Å². The maximum Gasteiger partial charge on any atom is 0.509 e. The normalized spacial score (nSPS) is 41.6. The zero-order valence-corrected chi connectivity index (χ0v) is 21.0. The van der Waals surface area contributed by atoms with E-state index in [4.69, 9.17) is 13.7 Å². The molecule has 0 bridgehead atoms. The first kappa shape index (κ1) is 25.3. The smallest absolute Gasteiger partial charge is 0.438 e. The van der Waals surface area contributed by atoms with Crippen LogP contribution in [0.25, 0.3) is 0 Å². The highest BCUT2D eigenvalue weighted by Gasteiger charge is 2.70. The maximum atomic E-state index is 13.5. The van der Waals surface area contributed by atoms with Crippen LogP contribution in [-0.4, -0.2) is 62.9 Å². The number of aliphatic hydroxyl groups excluding tert-OH is 1. The van der Waals surface area contributed by atoms with Gasteiger partial charge in [0.15, 0.2) is 11.4 Å². The minimum atomic E-state index is -3.89. The average Bonchev–Trinajstić information content (AvgIpc) is 3.04. The lowest BCUT2D eigenvalue weighted by Crippen LogP contribution is -2.63. The van der Waals surface area contributed by atoms with Gasteiger partial charge in [0.2, 0.25) is 5.78 Å². The highest BCUT2D eigenvalue weighted by molar-refractivity contribution is 7.86. The summed E-state index contributed by atoms with van der Waals surface area (Å²) in [6.07, 6.45) is 4.43. The summed E-state index contributed by atoms with van der Waals surface area (Å²) in [7, 11) is -2.74. The Labute approximate surface area is 200 Å². The van der Waals surface area contributed by atoms with E-state index in [-0.39, 0.29) is 41.8 Å². The zero-order valence-electron chi connectivity index (χ0n) is 20.2. The summed E-state index contributed by atoms with van der Waals surface area (Å²) in [6.45, 7) is 3.23. The van der Waals surface area contributed by atoms with Gasteiger partial charge in [0, 0.05) is 11.8 Å². The highest BCUT2D eigenvalue weighted by Crippen LogP contribution is 2.68. The Morgan fingerprint density at radius 1 is 1.18 bits per heavy atom. The molecular formula is C24H34O9S. The van der Waals surface area contributed by atoms with Crippen LogP contribution in [0.15, 0.2) is 11.6 Å². The second-order valence-corrected chi connectivity index (χ2v) is 12.5. The Morgan fingerprint density at radius 2 is 1.88 bits per heavy atom. The Balaban J connectivity index is 1.72. The second-order valence-electron chi connectivity index (χ2n) is 10.9. The average molecular weight is 499 g/mol. The van der Waals surface area contributed by atoms with E-state index in [1.165, 1.54) is 0 Å². The van der Waals surface area contributed by atoms with Crippen molar-refractivity contribution in [3.05, 3.63) is 11.6 Å². The fourth-order valence-corrected chi connectivity index (χ4v) is 8.14. The van der Waals surface area contributed by atoms with Crippen LogP contribution in [0.2, 0.25) is 0 Å². The van der Waals surface area contributed by atoms with Crippen LogP contribution in [-0.2, 0) is 33.4 Å². The van der Waals surface area contributed by atoms with Gasteiger partial charge < -0.3 is 14.6 Å². The van der Waals surface area contributed by atoms with Gasteiger partial charge in [-0.15, -0.1) is 0 Å². The third-order valence-corrected chi connectivity index (χ3v) is 9.84. The predicted octanol–water partition coefficient (Wildman–Crippen LogP) is 2.56. The van der Waals surface area contributed by atoms with Gasteiger partial charge in [-0.3, -0.25) is 13.8 Å². The minimum Gasteiger partial charge on any atom is -0.438 e. The second kappa shape index (κ2) is 8.41. The van der Waals surface area contributed by atoms with Gasteiger partial charge in [-0.2, -0.15) is 8.42 Å². The van der Waals surface area contributed by atoms with Crippen molar-refractivity contribution in [2.75, 3.05) is 20.0 Å². The molecule has 0 radical (unpaired) electrons. The van der Waals surface area contributed by atoms with Gasteiger partial charge in [-0.25, -0.2) is 4.79 Å². The molecule has 190 valence electrons. The van der Waals surface area contributed by atoms with Crippen molar-refractivity contribution in [2.24, 2.45) is 28.6 Å². The summed E-state index contributed by atoms with van der Waals surface area (Å²) < 4.78 is 38.3. The van der Waals surface area contributed by atoms with E-state index in [1.54, 1.807) is 6.08 Å². The molecule has 4 aliphatic rings. The van der Waals surface area contributed by atoms with E-state index < -0.39 is 45.8 Å². The number of ether oxygens (including phenoxy) is 2. The van der Waals surface area contributed by atoms with Gasteiger partial charge in [0.25, 0.3) is 10.1 Å². The molecule has 0 saturated heterocycles. The molecule has 3 fully saturated rings. The number of carbonyl (C=O) groups is 3. The van der Waals surface area contributed by atoms with E-state index in [9.17, 15) is 27.9 Å². The molecule has 0 aromatic carbocycles. The molecule has 0 aliphatic heterocycles. The third-order valence-electron chi connectivity index (χ3n) is 9.30. The molecular weight excluding hydrogens is 464 g/mol. The topological polar surface area (TPSA) is 133 Å². The third kappa shape index (κ3) is 3.82. The SMILES string of the molecule is COC(=O)O[C@]1(C(=O)COS(C)(=O)=O)CC[C@H]2[C@@H]3CCC4=CC(=O)CC[C@]4(C)[C@H]3[C@@H](O)C[C@@]21C. The van der Waals surface area contributed by atoms with Crippen molar-refractivity contribution in [1.29, 1.82) is 0 Å². The lowest BCUT2D eigenvalue weighted by molar-refractivity contribution is -0.185. The van der Waals surface area contributed by atoms with E-state index in [2.05, 4.69) is 6.92 Å². The lowest BCUT2D eigenvalue weighted by Gasteiger charge is -2.60. The van der Waals surface area contributed by atoms with Gasteiger partial charge in [-0.1, -0.05) is 19.4 Å². The van der Waals surface area contributed by atoms with Crippen molar-refractivity contribution < 1.29 is 41.6 Å². The molecule has 34 heavy (non-hydrogen) atoms. The van der Waals surface area contributed by atoms with E-state index in [0.717, 1.165) is 31.8 Å². The number of aliphatic hydroxyl groups is 1. The highest BCUT2D eigenvalue weighted by atomic mass is 32.2. The monoisotopic (exact) mass is 498 g/mol. The minimum absolute atomic E-state index is 0.0382. The quantitative estimate of drug-likeness (QED) is 0.448. The van der Waals surface area contributed by atoms with Gasteiger partial charge >= 0.3 is 6.16 Å². The summed E-state index contributed by atoms with van der Waals surface area (Å²) in [5.74, 6) is -0.566. The number of rotatable bonds is 5. The molecule has 9 nitrogen and oxygen atoms in total. The number of carbonyl (C=O) groups excluding carboxylic acids is 3. The number of Topliss-reactive ketones (excluding diaryl/α,β-unsaturated/α-hetero) is 1. The Hall–Kier alpha value is -1.78. The van der Waals surface area contributed by atoms with Crippen LogP contribution in [0.4, 0.5) is 4.79 Å². The van der Waals surface area contributed by atoms with Crippen molar-refractivity contribution in [3.8, 4) is 0 Å². The molecule has 0 aromatic heterocycles. The molecule has 0 unspecified atom stereocenters. The number of allylic oxidation sites excluding steroid dienone is 1. The van der Waals surface area contributed by atoms with Crippen LogP contribution in [0.5, 0.6) is 0 Å². The van der Waals surface area contributed by atoms with Crippen LogP contribution in [0.1, 0.15) is 58.8 Å². The summed E-state index contributed by atoms with van der Waals surface area (Å²) in [4.78, 5) is 37.8. The fourth-order valence-electron chi connectivity index (χ4n) is 7.82. The molecule has 7 atom stereocenters. The number of ketones is 2. The largest absolute Gasteiger partial charge is 0.509 e. The summed E-state index contributed by atoms with van der Waals surface area (Å²) in [5.41, 5.74) is -1.79. The molecule has 0 aromatic rings. The van der Waals surface area contributed by atoms with Gasteiger partial charge in [0.05, 0.1) is 19.5 Å². The Morgan fingerprint density at radius 3 is 2.53 bits per heavy atom. The number of fused-ring (bicyclic) bond motifs is 5. The first-order valence-electron chi connectivity index (χ1n) is 11.8. The van der Waals surface area contributed by atoms with Crippen molar-refractivity contribution in [3.63, 3.8) is 0 Å². The van der Waals surface area contributed by atoms with Crippen LogP contribution >= 0.6 is 0 Å². The fraction of sp³-hybridized carbons (Fsp3) is 0.792. The molecule has 4 rings (SSSR count). The molecule has 0 amide bonds. The van der Waals surface area contributed by atoms with E-state index in [1.807, 2.05) is 6.92 Å². The Kier molecular flexibility index (Phi) is 6.26. The van der Waals surface area contributed by atoms with Gasteiger partial charge in [0.1, 0.15) is 6.61 Å². The molecule has 3 saturated carbocycles. The number of methoxy groups -OCH3 is 1. The summed E-state index contributed by atoms with van der Waals surface area (Å²) in [5, 5.41) is 11.5. The van der Waals surface area contributed by atoms with Crippen molar-refractivity contribution >= 4 is 27.8 Å². The van der Waals surface area contributed by atoms with Crippen LogP contribution in [0, 0.1) is 28.6 Å². The lowest BCUT2D eigenvalue weighted by atomic mass is 9.45. The Bertz CT molecular complexity index is 1030. The van der Waals surface area contributed by atoms with Gasteiger partial charge in [-0.05, 0) is 67.8 Å². The van der Waals surface area contributed by atoms with Crippen LogP contribution in [0.3, 0.4) is 0 Å². The molecule has 0 heterocycles. The number of hydrogen-bond acceptors (Lipinski definition) is 9. The molecule has 0 spiro atoms. The molecule has 1 N–H and O–H groups in total. The summed E-state index contributed by atoms with van der Waals surface area (Å²) in [6, 6.07) is 0. The maximum absolute atomic E-state index is 13.5. The van der Waals surface area contributed by atoms with E-state index >= 15 is 0 Å². The van der Waals surface area contributed by atoms with Crippen LogP contribution < -0.4 is 0 Å². The van der Waals surface area contributed by atoms with Crippen molar-refractivity contribution in [2.45, 2.75) is 70.5 Å². The van der Waals surface area contributed by atoms with E-state index in [0.29, 0.717) is 19.3 Å². The molecule has 10 heteroatoms. The first-order valence-corrected chi connectivity index (χ1v) is 13.7. The predicted molar refractivity (Wildman–Crippen MR) is 120 cm³/mol. The number of hydrogen-bond donors (Lipinski definition) is 1. The first-order chi connectivity index (χ1) is 15.8. The molecule has 4 aliphatic carbocycles. The standard InChI is InChI=1S/C24H34O9S/c1-22-9-7-15(25)11-14(22)5-6-16-17-8-10-24(33-21(28)31-3,19(27)13-32-34(4,29)30)23(17,2)12-18(26)20(16)22/h11,16-18,20,26H,5-10,12-13H2,1-4H3/t16-,17-,18-,20+,22-,23-,24-/m0/s1. The zero-order chi connectivity index (χ0) is 25.1. The summed E-state index contributed by atoms with van der Waals surface area (Å²) >= 11 is 0.